The Bertz CT molecular complexity index is 380. The standard InChI is InChI=1S/C14H22N2O/c1-14(2,3)11-7-4-5-8-12(11)16-13(17)9-6-10-15/h4-5,7-8H,6,9-10,15H2,1-3H3,(H,16,17). The van der Waals surface area contributed by atoms with E-state index in [1.54, 1.807) is 0 Å². The number of nitrogens with one attached hydrogen (secondary N) is 1. The van der Waals surface area contributed by atoms with Crippen molar-refractivity contribution in [2.75, 3.05) is 11.9 Å². The second-order valence-corrected chi connectivity index (χ2v) is 5.24. The second kappa shape index (κ2) is 5.82. The van der Waals surface area contributed by atoms with E-state index < -0.39 is 0 Å². The molecule has 17 heavy (non-hydrogen) atoms. The number of rotatable bonds is 4. The van der Waals surface area contributed by atoms with Crippen LogP contribution in [0.25, 0.3) is 0 Å². The van der Waals surface area contributed by atoms with Gasteiger partial charge >= 0.3 is 0 Å². The summed E-state index contributed by atoms with van der Waals surface area (Å²) < 4.78 is 0. The zero-order valence-electron chi connectivity index (χ0n) is 10.9. The molecule has 0 atom stereocenters. The van der Waals surface area contributed by atoms with Crippen LogP contribution in [-0.4, -0.2) is 12.5 Å². The minimum absolute atomic E-state index is 0.0255. The summed E-state index contributed by atoms with van der Waals surface area (Å²) in [6, 6.07) is 7.93. The van der Waals surface area contributed by atoms with Crippen LogP contribution in [0.3, 0.4) is 0 Å². The predicted molar refractivity (Wildman–Crippen MR) is 72.1 cm³/mol. The molecule has 0 bridgehead atoms. The maximum Gasteiger partial charge on any atom is 0.224 e. The fraction of sp³-hybridized carbons (Fsp3) is 0.500. The van der Waals surface area contributed by atoms with Crippen molar-refractivity contribution in [2.45, 2.75) is 39.0 Å². The summed E-state index contributed by atoms with van der Waals surface area (Å²) in [5.41, 5.74) is 7.47. The van der Waals surface area contributed by atoms with Crippen molar-refractivity contribution < 1.29 is 4.79 Å². The monoisotopic (exact) mass is 234 g/mol. The lowest BCUT2D eigenvalue weighted by Gasteiger charge is -2.23. The quantitative estimate of drug-likeness (QED) is 0.841. The smallest absolute Gasteiger partial charge is 0.224 e. The van der Waals surface area contributed by atoms with Crippen LogP contribution in [0.2, 0.25) is 0 Å². The Balaban J connectivity index is 2.81. The van der Waals surface area contributed by atoms with Gasteiger partial charge in [0.05, 0.1) is 0 Å². The lowest BCUT2D eigenvalue weighted by molar-refractivity contribution is -0.116. The van der Waals surface area contributed by atoms with Crippen molar-refractivity contribution in [2.24, 2.45) is 5.73 Å². The molecule has 1 aromatic carbocycles. The normalized spacial score (nSPS) is 11.3. The minimum atomic E-state index is 0.0255. The molecule has 3 nitrogen and oxygen atoms in total. The van der Waals surface area contributed by atoms with E-state index in [2.05, 4.69) is 32.2 Å². The molecular formula is C14H22N2O. The number of amides is 1. The maximum atomic E-state index is 11.7. The van der Waals surface area contributed by atoms with Crippen molar-refractivity contribution in [3.63, 3.8) is 0 Å². The Labute approximate surface area is 103 Å². The summed E-state index contributed by atoms with van der Waals surface area (Å²) >= 11 is 0. The van der Waals surface area contributed by atoms with Gasteiger partial charge in [0.15, 0.2) is 0 Å². The van der Waals surface area contributed by atoms with Crippen LogP contribution in [-0.2, 0) is 10.2 Å². The Morgan fingerprint density at radius 2 is 1.94 bits per heavy atom. The highest BCUT2D eigenvalue weighted by atomic mass is 16.1. The third-order valence-corrected chi connectivity index (χ3v) is 2.62. The van der Waals surface area contributed by atoms with E-state index in [1.807, 2.05) is 18.2 Å². The second-order valence-electron chi connectivity index (χ2n) is 5.24. The molecule has 0 unspecified atom stereocenters. The molecule has 3 heteroatoms. The number of anilines is 1. The highest BCUT2D eigenvalue weighted by molar-refractivity contribution is 5.91. The zero-order chi connectivity index (χ0) is 12.9. The van der Waals surface area contributed by atoms with Gasteiger partial charge in [-0.1, -0.05) is 39.0 Å². The first-order chi connectivity index (χ1) is 7.95. The zero-order valence-corrected chi connectivity index (χ0v) is 10.9. The molecular weight excluding hydrogens is 212 g/mol. The molecule has 1 rings (SSSR count). The number of benzene rings is 1. The van der Waals surface area contributed by atoms with Gasteiger partial charge in [0, 0.05) is 12.1 Å². The van der Waals surface area contributed by atoms with Gasteiger partial charge in [-0.15, -0.1) is 0 Å². The number of hydrogen-bond donors (Lipinski definition) is 2. The molecule has 0 aliphatic carbocycles. The van der Waals surface area contributed by atoms with Gasteiger partial charge in [-0.25, -0.2) is 0 Å². The SMILES string of the molecule is CC(C)(C)c1ccccc1NC(=O)CCCN. The van der Waals surface area contributed by atoms with E-state index in [1.165, 1.54) is 0 Å². The average Bonchev–Trinajstić information content (AvgIpc) is 2.25. The van der Waals surface area contributed by atoms with Crippen molar-refractivity contribution >= 4 is 11.6 Å². The van der Waals surface area contributed by atoms with Crippen LogP contribution in [0.15, 0.2) is 24.3 Å². The molecule has 0 radical (unpaired) electrons. The first kappa shape index (κ1) is 13.7. The molecule has 0 spiro atoms. The number of para-hydroxylation sites is 1. The number of nitrogens with two attached hydrogens (primary N) is 1. The molecule has 0 fully saturated rings. The molecule has 1 aromatic rings. The Morgan fingerprint density at radius 1 is 1.29 bits per heavy atom. The van der Waals surface area contributed by atoms with Crippen LogP contribution >= 0.6 is 0 Å². The molecule has 0 aliphatic heterocycles. The van der Waals surface area contributed by atoms with Crippen LogP contribution < -0.4 is 11.1 Å². The van der Waals surface area contributed by atoms with Crippen molar-refractivity contribution in [3.05, 3.63) is 29.8 Å². The number of carbonyl (C=O) groups is 1. The van der Waals surface area contributed by atoms with E-state index in [0.717, 1.165) is 17.7 Å². The van der Waals surface area contributed by atoms with Crippen molar-refractivity contribution in [1.29, 1.82) is 0 Å². The Hall–Kier alpha value is -1.35. The van der Waals surface area contributed by atoms with Gasteiger partial charge in [-0.3, -0.25) is 4.79 Å². The molecule has 0 saturated heterocycles. The van der Waals surface area contributed by atoms with E-state index in [4.69, 9.17) is 5.73 Å². The maximum absolute atomic E-state index is 11.7. The number of hydrogen-bond acceptors (Lipinski definition) is 2. The summed E-state index contributed by atoms with van der Waals surface area (Å²) in [5, 5.41) is 2.96. The Morgan fingerprint density at radius 3 is 2.53 bits per heavy atom. The summed E-state index contributed by atoms with van der Waals surface area (Å²) in [4.78, 5) is 11.7. The van der Waals surface area contributed by atoms with Gasteiger partial charge in [0.2, 0.25) is 5.91 Å². The Kier molecular flexibility index (Phi) is 4.70. The van der Waals surface area contributed by atoms with Gasteiger partial charge in [0.1, 0.15) is 0 Å². The van der Waals surface area contributed by atoms with Gasteiger partial charge < -0.3 is 11.1 Å². The molecule has 3 N–H and O–H groups in total. The lowest BCUT2D eigenvalue weighted by atomic mass is 9.86. The van der Waals surface area contributed by atoms with Crippen molar-refractivity contribution in [3.8, 4) is 0 Å². The molecule has 94 valence electrons. The fourth-order valence-electron chi connectivity index (χ4n) is 1.72. The van der Waals surface area contributed by atoms with Gasteiger partial charge in [0.25, 0.3) is 0 Å². The van der Waals surface area contributed by atoms with E-state index in [0.29, 0.717) is 13.0 Å². The lowest BCUT2D eigenvalue weighted by Crippen LogP contribution is -2.19. The number of carbonyl (C=O) groups excluding carboxylic acids is 1. The van der Waals surface area contributed by atoms with Crippen LogP contribution in [0.5, 0.6) is 0 Å². The molecule has 0 aromatic heterocycles. The van der Waals surface area contributed by atoms with Crippen LogP contribution in [0, 0.1) is 0 Å². The highest BCUT2D eigenvalue weighted by Gasteiger charge is 2.18. The minimum Gasteiger partial charge on any atom is -0.330 e. The fourth-order valence-corrected chi connectivity index (χ4v) is 1.72. The predicted octanol–water partition coefficient (Wildman–Crippen LogP) is 2.66. The third kappa shape index (κ3) is 4.19. The summed E-state index contributed by atoms with van der Waals surface area (Å²) in [6.45, 7) is 6.96. The van der Waals surface area contributed by atoms with E-state index >= 15 is 0 Å². The topological polar surface area (TPSA) is 55.1 Å². The molecule has 0 aliphatic rings. The van der Waals surface area contributed by atoms with Crippen LogP contribution in [0.1, 0.15) is 39.2 Å². The summed E-state index contributed by atoms with van der Waals surface area (Å²) in [6.07, 6.45) is 1.21. The first-order valence-electron chi connectivity index (χ1n) is 6.04. The van der Waals surface area contributed by atoms with E-state index in [-0.39, 0.29) is 11.3 Å². The van der Waals surface area contributed by atoms with Gasteiger partial charge in [-0.2, -0.15) is 0 Å². The van der Waals surface area contributed by atoms with E-state index in [9.17, 15) is 4.79 Å². The van der Waals surface area contributed by atoms with Crippen LogP contribution in [0.4, 0.5) is 5.69 Å². The highest BCUT2D eigenvalue weighted by Crippen LogP contribution is 2.29. The summed E-state index contributed by atoms with van der Waals surface area (Å²) in [7, 11) is 0. The molecule has 1 amide bonds. The van der Waals surface area contributed by atoms with Crippen molar-refractivity contribution in [1.82, 2.24) is 0 Å². The third-order valence-electron chi connectivity index (χ3n) is 2.62. The first-order valence-corrected chi connectivity index (χ1v) is 6.04. The largest absolute Gasteiger partial charge is 0.330 e. The van der Waals surface area contributed by atoms with Gasteiger partial charge in [-0.05, 0) is 30.0 Å². The average molecular weight is 234 g/mol. The molecule has 0 saturated carbocycles. The summed E-state index contributed by atoms with van der Waals surface area (Å²) in [5.74, 6) is 0.0344. The molecule has 0 heterocycles.